The van der Waals surface area contributed by atoms with Gasteiger partial charge in [-0.1, -0.05) is 43.7 Å². The van der Waals surface area contributed by atoms with E-state index in [0.29, 0.717) is 6.42 Å². The average Bonchev–Trinajstić information content (AvgIpc) is 2.97. The summed E-state index contributed by atoms with van der Waals surface area (Å²) < 4.78 is 10.9. The van der Waals surface area contributed by atoms with E-state index in [9.17, 15) is 9.59 Å². The molecule has 0 spiro atoms. The van der Waals surface area contributed by atoms with E-state index in [-0.39, 0.29) is 18.7 Å². The molecule has 0 saturated heterocycles. The summed E-state index contributed by atoms with van der Waals surface area (Å²) in [6.07, 6.45) is 4.05. The van der Waals surface area contributed by atoms with Crippen LogP contribution in [-0.2, 0) is 20.9 Å². The standard InChI is InChI=1S/C21H31N3O4/c1-6-10-17(19(25)28-21(2,3)4)18-23(5)13-14-24(18)22-20(26)27-15-16-11-8-7-9-12-16/h7-9,11-14,17-18H,6,10,15H2,1-5H3,(H,22,26)/t17?,18-/m0/s1. The molecule has 2 rings (SSSR count). The monoisotopic (exact) mass is 389 g/mol. The summed E-state index contributed by atoms with van der Waals surface area (Å²) in [4.78, 5) is 26.9. The molecule has 1 aliphatic rings. The van der Waals surface area contributed by atoms with Crippen LogP contribution in [0.2, 0.25) is 0 Å². The summed E-state index contributed by atoms with van der Waals surface area (Å²) in [7, 11) is 1.87. The molecule has 0 bridgehead atoms. The second-order valence-electron chi connectivity index (χ2n) is 7.89. The van der Waals surface area contributed by atoms with E-state index in [2.05, 4.69) is 5.43 Å². The molecular formula is C21H31N3O4. The van der Waals surface area contributed by atoms with Crippen molar-refractivity contribution < 1.29 is 19.1 Å². The summed E-state index contributed by atoms with van der Waals surface area (Å²) in [5.41, 5.74) is 3.06. The quantitative estimate of drug-likeness (QED) is 0.718. The third-order valence-electron chi connectivity index (χ3n) is 4.27. The first-order valence-corrected chi connectivity index (χ1v) is 9.60. The minimum Gasteiger partial charge on any atom is -0.460 e. The molecule has 0 aliphatic carbocycles. The molecule has 1 aliphatic heterocycles. The van der Waals surface area contributed by atoms with Gasteiger partial charge in [-0.3, -0.25) is 9.80 Å². The summed E-state index contributed by atoms with van der Waals surface area (Å²) in [6.45, 7) is 7.74. The molecule has 7 nitrogen and oxygen atoms in total. The summed E-state index contributed by atoms with van der Waals surface area (Å²) in [5.74, 6) is -0.696. The predicted molar refractivity (Wildman–Crippen MR) is 107 cm³/mol. The number of carbonyl (C=O) groups excluding carboxylic acids is 2. The van der Waals surface area contributed by atoms with Gasteiger partial charge in [0.25, 0.3) is 0 Å². The Hall–Kier alpha value is -2.70. The smallest absolute Gasteiger partial charge is 0.426 e. The number of nitrogens with zero attached hydrogens (tertiary/aromatic N) is 2. The normalized spacial score (nSPS) is 17.4. The molecule has 0 saturated carbocycles. The maximum Gasteiger partial charge on any atom is 0.426 e. The van der Waals surface area contributed by atoms with Crippen LogP contribution in [0.25, 0.3) is 0 Å². The van der Waals surface area contributed by atoms with E-state index in [1.165, 1.54) is 0 Å². The largest absolute Gasteiger partial charge is 0.460 e. The van der Waals surface area contributed by atoms with Crippen molar-refractivity contribution in [2.45, 2.75) is 58.9 Å². The number of ether oxygens (including phenoxy) is 2. The zero-order valence-electron chi connectivity index (χ0n) is 17.3. The van der Waals surface area contributed by atoms with Crippen molar-refractivity contribution in [3.8, 4) is 0 Å². The van der Waals surface area contributed by atoms with Gasteiger partial charge in [0.15, 0.2) is 0 Å². The number of rotatable bonds is 7. The molecule has 0 aromatic heterocycles. The third kappa shape index (κ3) is 6.18. The fraction of sp³-hybridized carbons (Fsp3) is 0.524. The highest BCUT2D eigenvalue weighted by molar-refractivity contribution is 5.74. The molecular weight excluding hydrogens is 358 g/mol. The molecule has 0 radical (unpaired) electrons. The second-order valence-corrected chi connectivity index (χ2v) is 7.89. The van der Waals surface area contributed by atoms with Crippen LogP contribution in [0.15, 0.2) is 42.7 Å². The number of benzene rings is 1. The van der Waals surface area contributed by atoms with Gasteiger partial charge in [-0.15, -0.1) is 0 Å². The molecule has 154 valence electrons. The highest BCUT2D eigenvalue weighted by Gasteiger charge is 2.39. The minimum atomic E-state index is -0.576. The Morgan fingerprint density at radius 1 is 1.18 bits per heavy atom. The zero-order valence-corrected chi connectivity index (χ0v) is 17.3. The van der Waals surface area contributed by atoms with Crippen LogP contribution in [0.3, 0.4) is 0 Å². The highest BCUT2D eigenvalue weighted by Crippen LogP contribution is 2.26. The summed E-state index contributed by atoms with van der Waals surface area (Å²) in [5, 5.41) is 1.61. The van der Waals surface area contributed by atoms with E-state index < -0.39 is 17.6 Å². The fourth-order valence-electron chi connectivity index (χ4n) is 3.07. The van der Waals surface area contributed by atoms with Gasteiger partial charge in [0.1, 0.15) is 18.4 Å². The van der Waals surface area contributed by atoms with Crippen LogP contribution in [0, 0.1) is 5.92 Å². The Kier molecular flexibility index (Phi) is 7.31. The van der Waals surface area contributed by atoms with Crippen LogP contribution < -0.4 is 5.43 Å². The van der Waals surface area contributed by atoms with Gasteiger partial charge >= 0.3 is 12.1 Å². The van der Waals surface area contributed by atoms with E-state index in [1.807, 2.05) is 76.2 Å². The number of nitrogens with one attached hydrogen (secondary N) is 1. The van der Waals surface area contributed by atoms with Gasteiger partial charge in [0.2, 0.25) is 0 Å². The van der Waals surface area contributed by atoms with Crippen molar-refractivity contribution in [3.63, 3.8) is 0 Å². The second kappa shape index (κ2) is 9.48. The molecule has 2 atom stereocenters. The SMILES string of the molecule is CCCC(C(=O)OC(C)(C)C)[C@H]1N(C)C=CN1NC(=O)OCc1ccccc1. The first kappa shape index (κ1) is 21.6. The Morgan fingerprint density at radius 3 is 2.46 bits per heavy atom. The molecule has 1 amide bonds. The predicted octanol–water partition coefficient (Wildman–Crippen LogP) is 3.63. The lowest BCUT2D eigenvalue weighted by molar-refractivity contribution is -0.165. The first-order chi connectivity index (χ1) is 13.2. The molecule has 28 heavy (non-hydrogen) atoms. The van der Waals surface area contributed by atoms with Crippen LogP contribution in [-0.4, -0.2) is 40.8 Å². The summed E-state index contributed by atoms with van der Waals surface area (Å²) in [6, 6.07) is 9.46. The number of carbonyl (C=O) groups is 2. The Labute approximate surface area is 167 Å². The van der Waals surface area contributed by atoms with Crippen molar-refractivity contribution in [1.82, 2.24) is 15.3 Å². The molecule has 1 N–H and O–H groups in total. The van der Waals surface area contributed by atoms with Crippen molar-refractivity contribution in [2.75, 3.05) is 7.05 Å². The van der Waals surface area contributed by atoms with E-state index in [0.717, 1.165) is 12.0 Å². The molecule has 1 unspecified atom stereocenters. The van der Waals surface area contributed by atoms with Gasteiger partial charge in [-0.25, -0.2) is 10.2 Å². The number of hydrazine groups is 1. The Bertz CT molecular complexity index is 685. The average molecular weight is 389 g/mol. The fourth-order valence-corrected chi connectivity index (χ4v) is 3.07. The lowest BCUT2D eigenvalue weighted by Crippen LogP contribution is -2.53. The third-order valence-corrected chi connectivity index (χ3v) is 4.27. The van der Waals surface area contributed by atoms with E-state index >= 15 is 0 Å². The molecule has 0 fully saturated rings. The maximum atomic E-state index is 12.8. The van der Waals surface area contributed by atoms with E-state index in [1.54, 1.807) is 11.2 Å². The first-order valence-electron chi connectivity index (χ1n) is 9.60. The number of hydrogen-bond donors (Lipinski definition) is 1. The maximum absolute atomic E-state index is 12.8. The van der Waals surface area contributed by atoms with Gasteiger partial charge in [0, 0.05) is 19.4 Å². The Balaban J connectivity index is 2.02. The number of hydrogen-bond acceptors (Lipinski definition) is 6. The lowest BCUT2D eigenvalue weighted by Gasteiger charge is -2.36. The Morgan fingerprint density at radius 2 is 1.86 bits per heavy atom. The van der Waals surface area contributed by atoms with Crippen molar-refractivity contribution >= 4 is 12.1 Å². The number of amides is 1. The van der Waals surface area contributed by atoms with Gasteiger partial charge < -0.3 is 14.4 Å². The number of esters is 1. The van der Waals surface area contributed by atoms with Crippen molar-refractivity contribution in [2.24, 2.45) is 5.92 Å². The van der Waals surface area contributed by atoms with E-state index in [4.69, 9.17) is 9.47 Å². The molecule has 1 heterocycles. The van der Waals surface area contributed by atoms with Crippen LogP contribution in [0.4, 0.5) is 4.79 Å². The van der Waals surface area contributed by atoms with Gasteiger partial charge in [-0.2, -0.15) is 0 Å². The van der Waals surface area contributed by atoms with Crippen LogP contribution in [0.1, 0.15) is 46.1 Å². The van der Waals surface area contributed by atoms with Crippen LogP contribution >= 0.6 is 0 Å². The van der Waals surface area contributed by atoms with Crippen LogP contribution in [0.5, 0.6) is 0 Å². The topological polar surface area (TPSA) is 71.1 Å². The zero-order chi connectivity index (χ0) is 20.7. The van der Waals surface area contributed by atoms with Gasteiger partial charge in [0.05, 0.1) is 5.92 Å². The summed E-state index contributed by atoms with van der Waals surface area (Å²) >= 11 is 0. The van der Waals surface area contributed by atoms with Gasteiger partial charge in [-0.05, 0) is 32.8 Å². The molecule has 1 aromatic carbocycles. The highest BCUT2D eigenvalue weighted by atomic mass is 16.6. The van der Waals surface area contributed by atoms with Crippen molar-refractivity contribution in [1.29, 1.82) is 0 Å². The molecule has 7 heteroatoms. The minimum absolute atomic E-state index is 0.176. The van der Waals surface area contributed by atoms with Crippen molar-refractivity contribution in [3.05, 3.63) is 48.3 Å². The lowest BCUT2D eigenvalue weighted by atomic mass is 9.99. The molecule has 1 aromatic rings.